The molecule has 0 aliphatic rings. The molecule has 0 aromatic heterocycles. The highest BCUT2D eigenvalue weighted by Gasteiger charge is 2.19. The third kappa shape index (κ3) is 6.68. The Kier molecular flexibility index (Phi) is 7.16. The van der Waals surface area contributed by atoms with Gasteiger partial charge in [0, 0.05) is 18.7 Å². The fraction of sp³-hybridized carbons (Fsp3) is 0.800. The normalized spacial score (nSPS) is 16.1. The molecular weight excluding hydrogens is 228 g/mol. The molecule has 2 amide bonds. The maximum absolute atomic E-state index is 11.6. The van der Waals surface area contributed by atoms with E-state index in [-0.39, 0.29) is 23.6 Å². The summed E-state index contributed by atoms with van der Waals surface area (Å²) in [6.45, 7) is 4.81. The molecule has 3 unspecified atom stereocenters. The maximum atomic E-state index is 11.6. The quantitative estimate of drug-likeness (QED) is 0.487. The molecule has 0 aromatic rings. The minimum absolute atomic E-state index is 0.136. The van der Waals surface area contributed by atoms with Crippen molar-refractivity contribution in [3.05, 3.63) is 0 Å². The second-order valence-corrected chi connectivity index (χ2v) is 4.30. The van der Waals surface area contributed by atoms with Crippen LogP contribution in [0.3, 0.4) is 0 Å². The van der Waals surface area contributed by atoms with Crippen LogP contribution >= 0.6 is 12.6 Å². The van der Waals surface area contributed by atoms with Crippen molar-refractivity contribution in [2.45, 2.75) is 45.4 Å². The molecule has 0 saturated carbocycles. The molecule has 0 spiro atoms. The number of carbonyl (C=O) groups is 2. The van der Waals surface area contributed by atoms with E-state index >= 15 is 0 Å². The molecule has 0 radical (unpaired) electrons. The molecule has 3 atom stereocenters. The van der Waals surface area contributed by atoms with Gasteiger partial charge in [-0.05, 0) is 20.3 Å². The number of nitrogens with one attached hydrogen (secondary N) is 2. The number of rotatable bonds is 6. The number of hydrogen-bond donors (Lipinski definition) is 4. The van der Waals surface area contributed by atoms with E-state index in [1.54, 1.807) is 13.8 Å². The van der Waals surface area contributed by atoms with Gasteiger partial charge in [0.2, 0.25) is 11.8 Å². The zero-order valence-corrected chi connectivity index (χ0v) is 10.8. The van der Waals surface area contributed by atoms with Crippen LogP contribution in [0.15, 0.2) is 0 Å². The van der Waals surface area contributed by atoms with Gasteiger partial charge in [0.15, 0.2) is 0 Å². The van der Waals surface area contributed by atoms with Crippen molar-refractivity contribution in [3.8, 4) is 0 Å². The Balaban J connectivity index is 4.15. The van der Waals surface area contributed by atoms with E-state index in [0.29, 0.717) is 6.42 Å². The Morgan fingerprint density at radius 2 is 1.88 bits per heavy atom. The van der Waals surface area contributed by atoms with Gasteiger partial charge in [-0.1, -0.05) is 0 Å². The van der Waals surface area contributed by atoms with Gasteiger partial charge in [-0.3, -0.25) is 9.59 Å². The largest absolute Gasteiger partial charge is 0.393 e. The summed E-state index contributed by atoms with van der Waals surface area (Å²) in [6.07, 6.45) is 0.0102. The first-order chi connectivity index (χ1) is 7.36. The molecule has 0 fully saturated rings. The number of carbonyl (C=O) groups excluding carboxylic acids is 2. The first-order valence-corrected chi connectivity index (χ1v) is 5.86. The molecule has 0 heterocycles. The monoisotopic (exact) mass is 248 g/mol. The average molecular weight is 248 g/mol. The van der Waals surface area contributed by atoms with Crippen LogP contribution in [-0.4, -0.2) is 40.9 Å². The fourth-order valence-corrected chi connectivity index (χ4v) is 1.61. The maximum Gasteiger partial charge on any atom is 0.243 e. The first-order valence-electron chi connectivity index (χ1n) is 5.23. The molecule has 5 nitrogen and oxygen atoms in total. The third-order valence-electron chi connectivity index (χ3n) is 1.96. The van der Waals surface area contributed by atoms with Crippen LogP contribution in [0, 0.1) is 0 Å². The second kappa shape index (κ2) is 7.51. The van der Waals surface area contributed by atoms with E-state index in [9.17, 15) is 9.59 Å². The van der Waals surface area contributed by atoms with Crippen LogP contribution in [0.2, 0.25) is 0 Å². The predicted octanol–water partition coefficient (Wildman–Crippen LogP) is -0.304. The Hall–Kier alpha value is -0.750. The van der Waals surface area contributed by atoms with E-state index in [4.69, 9.17) is 5.11 Å². The summed E-state index contributed by atoms with van der Waals surface area (Å²) in [5.74, 6) is -0.303. The number of aliphatic hydroxyl groups is 1. The topological polar surface area (TPSA) is 78.4 Å². The van der Waals surface area contributed by atoms with Gasteiger partial charge in [-0.2, -0.15) is 12.6 Å². The summed E-state index contributed by atoms with van der Waals surface area (Å²) in [6, 6.07) is -0.763. The standard InChI is InChI=1S/C10H20N2O3S/c1-6(4-7(2)13)11-10(15)9(5-16)12-8(3)14/h6-7,9,13,16H,4-5H2,1-3H3,(H,11,15)(H,12,14). The van der Waals surface area contributed by atoms with E-state index < -0.39 is 12.1 Å². The Bertz CT molecular complexity index is 246. The molecule has 0 aliphatic carbocycles. The highest BCUT2D eigenvalue weighted by atomic mass is 32.1. The number of hydrogen-bond acceptors (Lipinski definition) is 4. The van der Waals surface area contributed by atoms with Gasteiger partial charge in [0.05, 0.1) is 6.10 Å². The Morgan fingerprint density at radius 1 is 1.31 bits per heavy atom. The number of amides is 2. The zero-order chi connectivity index (χ0) is 12.7. The van der Waals surface area contributed by atoms with E-state index in [2.05, 4.69) is 23.3 Å². The molecule has 0 aliphatic heterocycles. The van der Waals surface area contributed by atoms with Crippen LogP contribution in [0.25, 0.3) is 0 Å². The van der Waals surface area contributed by atoms with Gasteiger partial charge in [0.25, 0.3) is 0 Å². The van der Waals surface area contributed by atoms with Crippen molar-refractivity contribution < 1.29 is 14.7 Å². The van der Waals surface area contributed by atoms with Crippen molar-refractivity contribution in [1.29, 1.82) is 0 Å². The predicted molar refractivity (Wildman–Crippen MR) is 65.4 cm³/mol. The molecule has 0 bridgehead atoms. The lowest BCUT2D eigenvalue weighted by atomic mass is 10.1. The first kappa shape index (κ1) is 15.2. The summed E-state index contributed by atoms with van der Waals surface area (Å²) in [5.41, 5.74) is 0. The minimum atomic E-state index is -0.628. The van der Waals surface area contributed by atoms with Crippen LogP contribution in [-0.2, 0) is 9.59 Å². The molecule has 0 saturated heterocycles. The number of aliphatic hydroxyl groups excluding tert-OH is 1. The lowest BCUT2D eigenvalue weighted by molar-refractivity contribution is -0.128. The van der Waals surface area contributed by atoms with Gasteiger partial charge in [-0.25, -0.2) is 0 Å². The van der Waals surface area contributed by atoms with Crippen molar-refractivity contribution >= 4 is 24.4 Å². The molecule has 16 heavy (non-hydrogen) atoms. The summed E-state index contributed by atoms with van der Waals surface area (Å²) in [4.78, 5) is 22.5. The van der Waals surface area contributed by atoms with Crippen molar-refractivity contribution in [2.24, 2.45) is 0 Å². The minimum Gasteiger partial charge on any atom is -0.393 e. The second-order valence-electron chi connectivity index (χ2n) is 3.93. The summed E-state index contributed by atoms with van der Waals surface area (Å²) >= 11 is 4.00. The fourth-order valence-electron chi connectivity index (χ4n) is 1.35. The van der Waals surface area contributed by atoms with Gasteiger partial charge < -0.3 is 15.7 Å². The number of thiol groups is 1. The van der Waals surface area contributed by atoms with Crippen molar-refractivity contribution in [2.75, 3.05) is 5.75 Å². The molecule has 6 heteroatoms. The Labute approximate surface area is 101 Å². The highest BCUT2D eigenvalue weighted by molar-refractivity contribution is 7.80. The summed E-state index contributed by atoms with van der Waals surface area (Å²) < 4.78 is 0. The zero-order valence-electron chi connectivity index (χ0n) is 9.86. The summed E-state index contributed by atoms with van der Waals surface area (Å²) in [7, 11) is 0. The molecule has 0 rings (SSSR count). The van der Waals surface area contributed by atoms with Gasteiger partial charge in [-0.15, -0.1) is 0 Å². The van der Waals surface area contributed by atoms with Crippen LogP contribution in [0.1, 0.15) is 27.2 Å². The van der Waals surface area contributed by atoms with Crippen LogP contribution in [0.5, 0.6) is 0 Å². The molecule has 3 N–H and O–H groups in total. The molecule has 94 valence electrons. The van der Waals surface area contributed by atoms with Crippen molar-refractivity contribution in [1.82, 2.24) is 10.6 Å². The van der Waals surface area contributed by atoms with Crippen LogP contribution < -0.4 is 10.6 Å². The summed E-state index contributed by atoms with van der Waals surface area (Å²) in [5, 5.41) is 14.3. The SMILES string of the molecule is CC(=O)NC(CS)C(=O)NC(C)CC(C)O. The Morgan fingerprint density at radius 3 is 2.25 bits per heavy atom. The third-order valence-corrected chi connectivity index (χ3v) is 2.33. The smallest absolute Gasteiger partial charge is 0.243 e. The van der Waals surface area contributed by atoms with Gasteiger partial charge >= 0.3 is 0 Å². The van der Waals surface area contributed by atoms with Gasteiger partial charge in [0.1, 0.15) is 6.04 Å². The lowest BCUT2D eigenvalue weighted by Gasteiger charge is -2.20. The highest BCUT2D eigenvalue weighted by Crippen LogP contribution is 1.98. The van der Waals surface area contributed by atoms with E-state index in [0.717, 1.165) is 0 Å². The lowest BCUT2D eigenvalue weighted by Crippen LogP contribution is -2.50. The van der Waals surface area contributed by atoms with Crippen LogP contribution in [0.4, 0.5) is 0 Å². The van der Waals surface area contributed by atoms with E-state index in [1.807, 2.05) is 0 Å². The molecular formula is C10H20N2O3S. The average Bonchev–Trinajstić information content (AvgIpc) is 2.11. The van der Waals surface area contributed by atoms with E-state index in [1.165, 1.54) is 6.92 Å². The van der Waals surface area contributed by atoms with Crippen molar-refractivity contribution in [3.63, 3.8) is 0 Å². The molecule has 0 aromatic carbocycles.